The first-order chi connectivity index (χ1) is 6.59. The van der Waals surface area contributed by atoms with Crippen molar-refractivity contribution in [3.05, 3.63) is 23.4 Å². The zero-order chi connectivity index (χ0) is 10.3. The molecule has 0 atom stereocenters. The van der Waals surface area contributed by atoms with Gasteiger partial charge < -0.3 is 10.8 Å². The molecule has 72 valence electrons. The fourth-order valence-electron chi connectivity index (χ4n) is 1.39. The molecule has 0 spiro atoms. The van der Waals surface area contributed by atoms with Gasteiger partial charge in [0.25, 0.3) is 0 Å². The van der Waals surface area contributed by atoms with E-state index in [0.717, 1.165) is 11.1 Å². The number of H-pyrrole nitrogens is 1. The zero-order valence-electron chi connectivity index (χ0n) is 7.53. The highest BCUT2D eigenvalue weighted by atomic mass is 16.4. The Bertz CT molecular complexity index is 516. The molecule has 4 N–H and O–H groups in total. The minimum absolute atomic E-state index is 0.113. The van der Waals surface area contributed by atoms with Crippen molar-refractivity contribution in [3.8, 4) is 0 Å². The number of fused-ring (bicyclic) bond motifs is 1. The number of carbonyl (C=O) groups is 1. The highest BCUT2D eigenvalue weighted by molar-refractivity contribution is 5.99. The minimum atomic E-state index is -1.02. The summed E-state index contributed by atoms with van der Waals surface area (Å²) in [6.45, 7) is 1.83. The van der Waals surface area contributed by atoms with Crippen LogP contribution in [-0.2, 0) is 0 Å². The van der Waals surface area contributed by atoms with Gasteiger partial charge in [-0.1, -0.05) is 0 Å². The average Bonchev–Trinajstić information content (AvgIpc) is 2.46. The third kappa shape index (κ3) is 1.10. The smallest absolute Gasteiger partial charge is 0.337 e. The molecule has 2 aromatic rings. The molecule has 0 radical (unpaired) electrons. The molecule has 0 saturated heterocycles. The van der Waals surface area contributed by atoms with E-state index in [1.165, 1.54) is 6.07 Å². The van der Waals surface area contributed by atoms with Gasteiger partial charge in [0.15, 0.2) is 0 Å². The van der Waals surface area contributed by atoms with Crippen LogP contribution in [0.5, 0.6) is 0 Å². The number of hydrogen-bond donors (Lipinski definition) is 3. The van der Waals surface area contributed by atoms with Crippen LogP contribution in [0.25, 0.3) is 10.9 Å². The number of aromatic amines is 1. The Morgan fingerprint density at radius 1 is 1.57 bits per heavy atom. The molecule has 1 aromatic carbocycles. The van der Waals surface area contributed by atoms with Crippen LogP contribution in [0.4, 0.5) is 5.69 Å². The van der Waals surface area contributed by atoms with E-state index in [0.29, 0.717) is 5.52 Å². The molecular weight excluding hydrogens is 182 g/mol. The quantitative estimate of drug-likeness (QED) is 0.589. The van der Waals surface area contributed by atoms with Gasteiger partial charge in [-0.2, -0.15) is 5.10 Å². The zero-order valence-corrected chi connectivity index (χ0v) is 7.53. The first-order valence-corrected chi connectivity index (χ1v) is 4.07. The first-order valence-electron chi connectivity index (χ1n) is 4.07. The lowest BCUT2D eigenvalue weighted by Crippen LogP contribution is -2.01. The highest BCUT2D eigenvalue weighted by Crippen LogP contribution is 2.22. The van der Waals surface area contributed by atoms with Gasteiger partial charge in [-0.05, 0) is 19.1 Å². The number of benzene rings is 1. The summed E-state index contributed by atoms with van der Waals surface area (Å²) in [5.41, 5.74) is 7.43. The minimum Gasteiger partial charge on any atom is -0.478 e. The van der Waals surface area contributed by atoms with Gasteiger partial charge in [0.2, 0.25) is 0 Å². The monoisotopic (exact) mass is 191 g/mol. The van der Waals surface area contributed by atoms with Crippen LogP contribution in [0, 0.1) is 6.92 Å². The van der Waals surface area contributed by atoms with E-state index >= 15 is 0 Å². The van der Waals surface area contributed by atoms with Gasteiger partial charge in [-0.25, -0.2) is 4.79 Å². The van der Waals surface area contributed by atoms with Crippen LogP contribution in [0.15, 0.2) is 12.1 Å². The summed E-state index contributed by atoms with van der Waals surface area (Å²) in [4.78, 5) is 10.8. The number of rotatable bonds is 1. The lowest BCUT2D eigenvalue weighted by atomic mass is 10.1. The molecule has 1 heterocycles. The van der Waals surface area contributed by atoms with Crippen LogP contribution in [0.2, 0.25) is 0 Å². The first kappa shape index (κ1) is 8.55. The largest absolute Gasteiger partial charge is 0.478 e. The fourth-order valence-corrected chi connectivity index (χ4v) is 1.39. The second kappa shape index (κ2) is 2.73. The highest BCUT2D eigenvalue weighted by Gasteiger charge is 2.11. The molecule has 0 amide bonds. The van der Waals surface area contributed by atoms with Gasteiger partial charge in [-0.3, -0.25) is 5.10 Å². The summed E-state index contributed by atoms with van der Waals surface area (Å²) >= 11 is 0. The number of aryl methyl sites for hydroxylation is 1. The number of nitrogen functional groups attached to an aromatic ring is 1. The van der Waals surface area contributed by atoms with Gasteiger partial charge >= 0.3 is 5.97 Å². The molecule has 2 rings (SSSR count). The number of hydrogen-bond acceptors (Lipinski definition) is 3. The lowest BCUT2D eigenvalue weighted by molar-refractivity contribution is 0.0698. The van der Waals surface area contributed by atoms with Crippen molar-refractivity contribution in [1.29, 1.82) is 0 Å². The maximum absolute atomic E-state index is 10.8. The number of carboxylic acid groups (broad SMARTS) is 1. The predicted molar refractivity (Wildman–Crippen MR) is 52.2 cm³/mol. The van der Waals surface area contributed by atoms with Gasteiger partial charge in [0.05, 0.1) is 11.1 Å². The number of carboxylic acids is 1. The number of nitrogens with one attached hydrogen (secondary N) is 1. The van der Waals surface area contributed by atoms with Crippen LogP contribution in [0.3, 0.4) is 0 Å². The molecule has 0 aliphatic carbocycles. The summed E-state index contributed by atoms with van der Waals surface area (Å²) in [6, 6.07) is 3.09. The number of nitrogens with zero attached hydrogens (tertiary/aromatic N) is 1. The Kier molecular flexibility index (Phi) is 1.67. The molecule has 0 aliphatic heterocycles. The van der Waals surface area contributed by atoms with Crippen molar-refractivity contribution in [2.75, 3.05) is 5.73 Å². The fraction of sp³-hybridized carbons (Fsp3) is 0.111. The number of nitrogens with two attached hydrogens (primary N) is 1. The van der Waals surface area contributed by atoms with E-state index < -0.39 is 5.97 Å². The topological polar surface area (TPSA) is 92.0 Å². The normalized spacial score (nSPS) is 10.6. The maximum Gasteiger partial charge on any atom is 0.337 e. The SMILES string of the molecule is Cc1[nH]nc2cc(N)c(C(=O)O)cc12. The van der Waals surface area contributed by atoms with Crippen LogP contribution >= 0.6 is 0 Å². The second-order valence-electron chi connectivity index (χ2n) is 3.11. The van der Waals surface area contributed by atoms with Crippen LogP contribution in [-0.4, -0.2) is 21.3 Å². The third-order valence-electron chi connectivity index (χ3n) is 2.15. The summed E-state index contributed by atoms with van der Waals surface area (Å²) in [5, 5.41) is 16.4. The summed E-state index contributed by atoms with van der Waals surface area (Å²) in [5.74, 6) is -1.02. The van der Waals surface area contributed by atoms with Crippen molar-refractivity contribution < 1.29 is 9.90 Å². The molecule has 0 aliphatic rings. The summed E-state index contributed by atoms with van der Waals surface area (Å²) < 4.78 is 0. The average molecular weight is 191 g/mol. The predicted octanol–water partition coefficient (Wildman–Crippen LogP) is 1.15. The molecule has 14 heavy (non-hydrogen) atoms. The standard InChI is InChI=1S/C9H9N3O2/c1-4-5-2-6(9(13)14)7(10)3-8(5)12-11-4/h2-3H,10H2,1H3,(H,11,12)(H,13,14). The molecule has 0 bridgehead atoms. The number of aromatic carboxylic acids is 1. The van der Waals surface area contributed by atoms with E-state index in [9.17, 15) is 4.79 Å². The van der Waals surface area contributed by atoms with Gasteiger partial charge in [0.1, 0.15) is 0 Å². The molecule has 1 aromatic heterocycles. The Morgan fingerprint density at radius 2 is 2.29 bits per heavy atom. The van der Waals surface area contributed by atoms with E-state index in [2.05, 4.69) is 10.2 Å². The van der Waals surface area contributed by atoms with Crippen molar-refractivity contribution in [3.63, 3.8) is 0 Å². The van der Waals surface area contributed by atoms with Crippen LogP contribution < -0.4 is 5.73 Å². The van der Waals surface area contributed by atoms with E-state index in [4.69, 9.17) is 10.8 Å². The lowest BCUT2D eigenvalue weighted by Gasteiger charge is -1.99. The van der Waals surface area contributed by atoms with Crippen molar-refractivity contribution >= 4 is 22.6 Å². The second-order valence-corrected chi connectivity index (χ2v) is 3.11. The van der Waals surface area contributed by atoms with Crippen LogP contribution in [0.1, 0.15) is 16.1 Å². The van der Waals surface area contributed by atoms with Gasteiger partial charge in [-0.15, -0.1) is 0 Å². The summed E-state index contributed by atoms with van der Waals surface area (Å²) in [7, 11) is 0. The molecule has 0 saturated carbocycles. The Balaban J connectivity index is 2.80. The third-order valence-corrected chi connectivity index (χ3v) is 2.15. The molecule has 0 fully saturated rings. The van der Waals surface area contributed by atoms with Crippen molar-refractivity contribution in [2.24, 2.45) is 0 Å². The molecular formula is C9H9N3O2. The van der Waals surface area contributed by atoms with E-state index in [1.807, 2.05) is 6.92 Å². The van der Waals surface area contributed by atoms with E-state index in [-0.39, 0.29) is 11.3 Å². The Hall–Kier alpha value is -2.04. The van der Waals surface area contributed by atoms with E-state index in [1.54, 1.807) is 6.07 Å². The van der Waals surface area contributed by atoms with Gasteiger partial charge in [0, 0.05) is 16.8 Å². The van der Waals surface area contributed by atoms with Crippen molar-refractivity contribution in [2.45, 2.75) is 6.92 Å². The Morgan fingerprint density at radius 3 is 2.93 bits per heavy atom. The maximum atomic E-state index is 10.8. The summed E-state index contributed by atoms with van der Waals surface area (Å²) in [6.07, 6.45) is 0. The number of aromatic nitrogens is 2. The van der Waals surface area contributed by atoms with Crippen molar-refractivity contribution in [1.82, 2.24) is 10.2 Å². The molecule has 0 unspecified atom stereocenters. The molecule has 5 heteroatoms. The number of anilines is 1. The Labute approximate surface area is 79.5 Å². The molecule has 5 nitrogen and oxygen atoms in total.